The zero-order valence-electron chi connectivity index (χ0n) is 9.04. The standard InChI is InChI=1S/C9H11N3O5/c1-2-11-5-6(12(16)17)3-7(11)9(15)10-4-8(13)14/h3,5H,2,4H2,1H3,(H,10,15)(H,13,14). The number of hydrogen-bond acceptors (Lipinski definition) is 4. The second-order valence-corrected chi connectivity index (χ2v) is 3.20. The summed E-state index contributed by atoms with van der Waals surface area (Å²) < 4.78 is 1.38. The van der Waals surface area contributed by atoms with Gasteiger partial charge >= 0.3 is 5.97 Å². The van der Waals surface area contributed by atoms with E-state index in [1.54, 1.807) is 6.92 Å². The molecule has 17 heavy (non-hydrogen) atoms. The van der Waals surface area contributed by atoms with E-state index in [0.717, 1.165) is 6.07 Å². The first-order valence-corrected chi connectivity index (χ1v) is 4.80. The fourth-order valence-corrected chi connectivity index (χ4v) is 1.29. The molecule has 0 atom stereocenters. The van der Waals surface area contributed by atoms with Crippen LogP contribution in [0.2, 0.25) is 0 Å². The Balaban J connectivity index is 2.91. The molecule has 0 saturated heterocycles. The number of rotatable bonds is 5. The third kappa shape index (κ3) is 3.03. The third-order valence-corrected chi connectivity index (χ3v) is 2.07. The van der Waals surface area contributed by atoms with E-state index in [4.69, 9.17) is 5.11 Å². The van der Waals surface area contributed by atoms with Crippen LogP contribution < -0.4 is 5.32 Å². The monoisotopic (exact) mass is 241 g/mol. The topological polar surface area (TPSA) is 114 Å². The van der Waals surface area contributed by atoms with Crippen molar-refractivity contribution in [1.82, 2.24) is 9.88 Å². The molecule has 0 fully saturated rings. The van der Waals surface area contributed by atoms with Gasteiger partial charge in [0.25, 0.3) is 11.6 Å². The van der Waals surface area contributed by atoms with Crippen LogP contribution in [-0.2, 0) is 11.3 Å². The molecule has 1 aromatic heterocycles. The molecule has 1 amide bonds. The minimum absolute atomic E-state index is 0.0699. The Morgan fingerprint density at radius 2 is 2.24 bits per heavy atom. The number of amides is 1. The van der Waals surface area contributed by atoms with Crippen molar-refractivity contribution in [2.75, 3.05) is 6.54 Å². The van der Waals surface area contributed by atoms with Crippen molar-refractivity contribution in [1.29, 1.82) is 0 Å². The zero-order valence-corrected chi connectivity index (χ0v) is 9.04. The van der Waals surface area contributed by atoms with Crippen molar-refractivity contribution in [2.45, 2.75) is 13.5 Å². The van der Waals surface area contributed by atoms with Crippen LogP contribution in [0.1, 0.15) is 17.4 Å². The van der Waals surface area contributed by atoms with Gasteiger partial charge in [0, 0.05) is 12.6 Å². The number of nitrogens with zero attached hydrogens (tertiary/aromatic N) is 2. The van der Waals surface area contributed by atoms with E-state index in [1.165, 1.54) is 10.8 Å². The SMILES string of the molecule is CCn1cc([N+](=O)[O-])cc1C(=O)NCC(=O)O. The fourth-order valence-electron chi connectivity index (χ4n) is 1.29. The van der Waals surface area contributed by atoms with Crippen molar-refractivity contribution in [3.05, 3.63) is 28.1 Å². The number of carboxylic acids is 1. The summed E-state index contributed by atoms with van der Waals surface area (Å²) in [7, 11) is 0. The molecule has 8 heteroatoms. The molecule has 2 N–H and O–H groups in total. The molecule has 0 bridgehead atoms. The number of aromatic nitrogens is 1. The van der Waals surface area contributed by atoms with Crippen molar-refractivity contribution in [3.63, 3.8) is 0 Å². The highest BCUT2D eigenvalue weighted by Crippen LogP contribution is 2.16. The summed E-state index contributed by atoms with van der Waals surface area (Å²) in [5, 5.41) is 21.1. The molecule has 0 aliphatic rings. The van der Waals surface area contributed by atoms with Gasteiger partial charge in [-0.05, 0) is 6.92 Å². The number of carbonyl (C=O) groups excluding carboxylic acids is 1. The summed E-state index contributed by atoms with van der Waals surface area (Å²) in [5.74, 6) is -1.83. The summed E-state index contributed by atoms with van der Waals surface area (Å²) >= 11 is 0. The normalized spacial score (nSPS) is 9.94. The zero-order chi connectivity index (χ0) is 13.0. The van der Waals surface area contributed by atoms with Gasteiger partial charge in [0.15, 0.2) is 0 Å². The average molecular weight is 241 g/mol. The van der Waals surface area contributed by atoms with Gasteiger partial charge in [-0.3, -0.25) is 19.7 Å². The first-order chi connectivity index (χ1) is 7.95. The number of carbonyl (C=O) groups is 2. The number of nitro groups is 1. The molecular weight excluding hydrogens is 230 g/mol. The number of aryl methyl sites for hydroxylation is 1. The van der Waals surface area contributed by atoms with Crippen LogP contribution in [-0.4, -0.2) is 33.0 Å². The largest absolute Gasteiger partial charge is 0.480 e. The van der Waals surface area contributed by atoms with E-state index >= 15 is 0 Å². The van der Waals surface area contributed by atoms with E-state index < -0.39 is 23.3 Å². The Morgan fingerprint density at radius 1 is 1.59 bits per heavy atom. The van der Waals surface area contributed by atoms with Gasteiger partial charge < -0.3 is 15.0 Å². The molecule has 0 radical (unpaired) electrons. The molecule has 0 aliphatic heterocycles. The lowest BCUT2D eigenvalue weighted by Crippen LogP contribution is -2.30. The summed E-state index contributed by atoms with van der Waals surface area (Å²) in [5.41, 5.74) is -0.132. The van der Waals surface area contributed by atoms with Crippen molar-refractivity contribution < 1.29 is 19.6 Å². The van der Waals surface area contributed by atoms with Crippen LogP contribution in [0.4, 0.5) is 5.69 Å². The lowest BCUT2D eigenvalue weighted by Gasteiger charge is -2.04. The summed E-state index contributed by atoms with van der Waals surface area (Å²) in [6.45, 7) is 1.57. The third-order valence-electron chi connectivity index (χ3n) is 2.07. The molecule has 0 saturated carbocycles. The lowest BCUT2D eigenvalue weighted by molar-refractivity contribution is -0.384. The van der Waals surface area contributed by atoms with Gasteiger partial charge in [-0.2, -0.15) is 0 Å². The number of aliphatic carboxylic acids is 1. The van der Waals surface area contributed by atoms with Gasteiger partial charge in [-0.15, -0.1) is 0 Å². The smallest absolute Gasteiger partial charge is 0.322 e. The fraction of sp³-hybridized carbons (Fsp3) is 0.333. The van der Waals surface area contributed by atoms with Crippen LogP contribution in [0.15, 0.2) is 12.3 Å². The van der Waals surface area contributed by atoms with Crippen molar-refractivity contribution in [2.24, 2.45) is 0 Å². The van der Waals surface area contributed by atoms with E-state index in [9.17, 15) is 19.7 Å². The highest BCUT2D eigenvalue weighted by atomic mass is 16.6. The van der Waals surface area contributed by atoms with E-state index in [1.807, 2.05) is 0 Å². The molecule has 1 rings (SSSR count). The average Bonchev–Trinajstić information content (AvgIpc) is 2.69. The van der Waals surface area contributed by atoms with Gasteiger partial charge in [0.2, 0.25) is 0 Å². The van der Waals surface area contributed by atoms with Gasteiger partial charge in [0.05, 0.1) is 11.1 Å². The predicted molar refractivity (Wildman–Crippen MR) is 56.7 cm³/mol. The number of nitrogens with one attached hydrogen (secondary N) is 1. The maximum atomic E-state index is 11.5. The second-order valence-electron chi connectivity index (χ2n) is 3.20. The van der Waals surface area contributed by atoms with Gasteiger partial charge in [-0.1, -0.05) is 0 Å². The Hall–Kier alpha value is -2.38. The van der Waals surface area contributed by atoms with Crippen LogP contribution in [0.5, 0.6) is 0 Å². The molecule has 1 aromatic rings. The Labute approximate surface area is 96.0 Å². The molecule has 0 unspecified atom stereocenters. The van der Waals surface area contributed by atoms with Gasteiger partial charge in [-0.25, -0.2) is 0 Å². The predicted octanol–water partition coefficient (Wildman–Crippen LogP) is 0.231. The van der Waals surface area contributed by atoms with Crippen molar-refractivity contribution in [3.8, 4) is 0 Å². The van der Waals surface area contributed by atoms with E-state index in [-0.39, 0.29) is 11.4 Å². The minimum Gasteiger partial charge on any atom is -0.480 e. The highest BCUT2D eigenvalue weighted by Gasteiger charge is 2.18. The summed E-state index contributed by atoms with van der Waals surface area (Å²) in [6, 6.07) is 1.11. The highest BCUT2D eigenvalue weighted by molar-refractivity contribution is 5.95. The van der Waals surface area contributed by atoms with Crippen LogP contribution in [0, 0.1) is 10.1 Å². The molecule has 8 nitrogen and oxygen atoms in total. The molecule has 0 aliphatic carbocycles. The first kappa shape index (κ1) is 12.7. The molecule has 0 spiro atoms. The maximum absolute atomic E-state index is 11.5. The molecule has 1 heterocycles. The second kappa shape index (κ2) is 5.10. The molecule has 92 valence electrons. The quantitative estimate of drug-likeness (QED) is 0.565. The van der Waals surface area contributed by atoms with E-state index in [0.29, 0.717) is 6.54 Å². The summed E-state index contributed by atoms with van der Waals surface area (Å²) in [4.78, 5) is 31.7. The van der Waals surface area contributed by atoms with Gasteiger partial charge in [0.1, 0.15) is 12.2 Å². The molecular formula is C9H11N3O5. The van der Waals surface area contributed by atoms with Crippen LogP contribution in [0.3, 0.4) is 0 Å². The lowest BCUT2D eigenvalue weighted by atomic mass is 10.3. The Bertz CT molecular complexity index is 465. The molecule has 0 aromatic carbocycles. The Kier molecular flexibility index (Phi) is 3.81. The summed E-state index contributed by atoms with van der Waals surface area (Å²) in [6.07, 6.45) is 1.23. The van der Waals surface area contributed by atoms with Crippen LogP contribution >= 0.6 is 0 Å². The van der Waals surface area contributed by atoms with E-state index in [2.05, 4.69) is 5.32 Å². The van der Waals surface area contributed by atoms with Crippen molar-refractivity contribution >= 4 is 17.6 Å². The Morgan fingerprint density at radius 3 is 2.71 bits per heavy atom. The number of carboxylic acid groups (broad SMARTS) is 1. The van der Waals surface area contributed by atoms with Crippen LogP contribution in [0.25, 0.3) is 0 Å². The minimum atomic E-state index is -1.18. The number of hydrogen-bond donors (Lipinski definition) is 2. The maximum Gasteiger partial charge on any atom is 0.322 e. The first-order valence-electron chi connectivity index (χ1n) is 4.80.